The molecule has 2 aromatic carbocycles. The van der Waals surface area contributed by atoms with Crippen molar-refractivity contribution in [2.75, 3.05) is 11.5 Å². The highest BCUT2D eigenvalue weighted by Gasteiger charge is 2.55. The Balaban J connectivity index is 1.42. The first kappa shape index (κ1) is 31.9. The highest BCUT2D eigenvalue weighted by Crippen LogP contribution is 2.43. The molecule has 5 rings (SSSR count). The van der Waals surface area contributed by atoms with Crippen molar-refractivity contribution in [2.24, 2.45) is 0 Å². The second-order valence-electron chi connectivity index (χ2n) is 10.8. The number of aryl methyl sites for hydroxylation is 1. The van der Waals surface area contributed by atoms with E-state index in [4.69, 9.17) is 9.47 Å². The lowest BCUT2D eigenvalue weighted by Crippen LogP contribution is -2.67. The number of H-pyrrole nitrogens is 1. The first-order chi connectivity index (χ1) is 21.4. The number of aromatic nitrogens is 2. The summed E-state index contributed by atoms with van der Waals surface area (Å²) in [5.41, 5.74) is 3.06. The molecule has 0 radical (unpaired) electrons. The third kappa shape index (κ3) is 6.09. The Bertz CT molecular complexity index is 1620. The summed E-state index contributed by atoms with van der Waals surface area (Å²) < 4.78 is 10.4. The van der Waals surface area contributed by atoms with Gasteiger partial charge < -0.3 is 55.3 Å². The Labute approximate surface area is 255 Å². The third-order valence-electron chi connectivity index (χ3n) is 7.88. The number of amides is 1. The highest BCUT2D eigenvalue weighted by atomic mass is 16.8. The average Bonchev–Trinajstić information content (AvgIpc) is 3.62. The van der Waals surface area contributed by atoms with Crippen molar-refractivity contribution >= 4 is 23.6 Å². The molecule has 0 unspecified atom stereocenters. The van der Waals surface area contributed by atoms with Gasteiger partial charge in [-0.2, -0.15) is 0 Å². The van der Waals surface area contributed by atoms with Crippen LogP contribution >= 0.6 is 0 Å². The second-order valence-corrected chi connectivity index (χ2v) is 10.8. The molecule has 2 aliphatic rings. The van der Waals surface area contributed by atoms with Crippen LogP contribution in [-0.4, -0.2) is 106 Å². The fourth-order valence-electron chi connectivity index (χ4n) is 5.47. The summed E-state index contributed by atoms with van der Waals surface area (Å²) in [6.45, 7) is 1.09. The summed E-state index contributed by atoms with van der Waals surface area (Å²) in [4.78, 5) is 33.9. The number of aromatic amines is 1. The number of phenolic OH excluding ortho intramolecular Hbond substituents is 2. The van der Waals surface area contributed by atoms with Crippen LogP contribution in [0.5, 0.6) is 17.2 Å². The largest absolute Gasteiger partial charge is 0.508 e. The van der Waals surface area contributed by atoms with E-state index in [1.54, 1.807) is 18.5 Å². The summed E-state index contributed by atoms with van der Waals surface area (Å²) in [6, 6.07) is 5.55. The van der Waals surface area contributed by atoms with Crippen LogP contribution < -0.4 is 9.64 Å². The Morgan fingerprint density at radius 3 is 2.60 bits per heavy atom. The molecule has 0 spiro atoms. The predicted molar refractivity (Wildman–Crippen MR) is 154 cm³/mol. The molecule has 9 N–H and O–H groups in total. The molecule has 3 aromatic rings. The number of aliphatic carboxylic acids is 1. The maximum Gasteiger partial charge on any atom is 0.355 e. The number of phenols is 2. The van der Waals surface area contributed by atoms with E-state index in [9.17, 15) is 50.4 Å². The number of hydrogen-bond donors (Lipinski definition) is 9. The topological polar surface area (TPSA) is 246 Å². The molecule has 15 nitrogen and oxygen atoms in total. The van der Waals surface area contributed by atoms with E-state index in [2.05, 4.69) is 9.97 Å². The Kier molecular flexibility index (Phi) is 8.84. The maximum absolute atomic E-state index is 13.5. The number of aromatic hydroxyl groups is 2. The first-order valence-corrected chi connectivity index (χ1v) is 14.0. The van der Waals surface area contributed by atoms with E-state index < -0.39 is 66.4 Å². The molecule has 15 heteroatoms. The number of aliphatic hydroxyl groups excluding tert-OH is 4. The zero-order chi connectivity index (χ0) is 32.6. The van der Waals surface area contributed by atoms with Gasteiger partial charge in [-0.25, -0.2) is 9.78 Å². The van der Waals surface area contributed by atoms with Crippen LogP contribution in [0.2, 0.25) is 0 Å². The predicted octanol–water partition coefficient (Wildman–Crippen LogP) is -0.472. The van der Waals surface area contributed by atoms with Crippen LogP contribution in [0.1, 0.15) is 35.0 Å². The minimum absolute atomic E-state index is 0.00998. The van der Waals surface area contributed by atoms with Crippen LogP contribution in [0.15, 0.2) is 42.7 Å². The van der Waals surface area contributed by atoms with Gasteiger partial charge in [0.15, 0.2) is 17.6 Å². The zero-order valence-corrected chi connectivity index (χ0v) is 23.9. The number of benzene rings is 2. The van der Waals surface area contributed by atoms with Crippen molar-refractivity contribution in [1.82, 2.24) is 9.97 Å². The van der Waals surface area contributed by atoms with Crippen LogP contribution in [0.25, 0.3) is 6.08 Å². The minimum Gasteiger partial charge on any atom is -0.508 e. The molecule has 45 heavy (non-hydrogen) atoms. The number of nitrogens with one attached hydrogen (secondary N) is 1. The molecule has 0 saturated carbocycles. The van der Waals surface area contributed by atoms with E-state index in [0.29, 0.717) is 24.0 Å². The Morgan fingerprint density at radius 2 is 1.91 bits per heavy atom. The summed E-state index contributed by atoms with van der Waals surface area (Å²) in [7, 11) is 0. The summed E-state index contributed by atoms with van der Waals surface area (Å²) >= 11 is 0. The smallest absolute Gasteiger partial charge is 0.355 e. The van der Waals surface area contributed by atoms with Gasteiger partial charge in [0.25, 0.3) is 5.91 Å². The van der Waals surface area contributed by atoms with Crippen LogP contribution in [0, 0.1) is 0 Å². The number of nitrogens with zero attached hydrogens (tertiary/aromatic N) is 2. The van der Waals surface area contributed by atoms with E-state index in [-0.39, 0.29) is 23.4 Å². The molecular weight excluding hydrogens is 594 g/mol. The fourth-order valence-corrected chi connectivity index (χ4v) is 5.47. The lowest BCUT2D eigenvalue weighted by Gasteiger charge is -2.44. The van der Waals surface area contributed by atoms with Gasteiger partial charge in [0.2, 0.25) is 0 Å². The van der Waals surface area contributed by atoms with Gasteiger partial charge in [-0.15, -0.1) is 0 Å². The number of carboxylic acids is 1. The van der Waals surface area contributed by atoms with Crippen molar-refractivity contribution in [3.05, 3.63) is 70.8 Å². The van der Waals surface area contributed by atoms with Gasteiger partial charge in [-0.1, -0.05) is 13.0 Å². The van der Waals surface area contributed by atoms with Gasteiger partial charge >= 0.3 is 11.9 Å². The lowest BCUT2D eigenvalue weighted by atomic mass is 9.98. The monoisotopic (exact) mass is 627 g/mol. The van der Waals surface area contributed by atoms with Gasteiger partial charge in [0.05, 0.1) is 24.3 Å². The maximum atomic E-state index is 13.5. The molecule has 1 fully saturated rings. The summed E-state index contributed by atoms with van der Waals surface area (Å²) in [6.07, 6.45) is -2.57. The number of ether oxygens (including phenoxy) is 2. The normalized spacial score (nSPS) is 26.3. The zero-order valence-electron chi connectivity index (χ0n) is 23.9. The number of anilines is 1. The van der Waals surface area contributed by atoms with Gasteiger partial charge in [-0.3, -0.25) is 9.69 Å². The van der Waals surface area contributed by atoms with Crippen molar-refractivity contribution in [2.45, 2.75) is 62.6 Å². The molecule has 2 aliphatic heterocycles. The molecule has 0 bridgehead atoms. The molecule has 3 heterocycles. The first-order valence-electron chi connectivity index (χ1n) is 14.0. The van der Waals surface area contributed by atoms with Gasteiger partial charge in [0.1, 0.15) is 30.1 Å². The second kappa shape index (κ2) is 12.5. The Morgan fingerprint density at radius 1 is 1.16 bits per heavy atom. The van der Waals surface area contributed by atoms with Crippen molar-refractivity contribution in [3.8, 4) is 17.2 Å². The van der Waals surface area contributed by atoms with E-state index in [0.717, 1.165) is 34.5 Å². The number of rotatable bonds is 9. The molecular formula is C30H33N3O12. The van der Waals surface area contributed by atoms with Crippen LogP contribution in [-0.2, 0) is 33.6 Å². The highest BCUT2D eigenvalue weighted by molar-refractivity contribution is 6.09. The molecule has 0 aliphatic carbocycles. The average molecular weight is 628 g/mol. The summed E-state index contributed by atoms with van der Waals surface area (Å²) in [5, 5.41) is 81.6. The number of fused-ring (bicyclic) bond motifs is 1. The lowest BCUT2D eigenvalue weighted by molar-refractivity contribution is -0.422. The minimum atomic E-state index is -3.05. The van der Waals surface area contributed by atoms with Crippen molar-refractivity contribution < 1.29 is 59.9 Å². The SMILES string of the molecule is CCc1nc[nH]c1Cc1cc(/C=C/C(=O)N2c3cc(O[C@]4(O)O[C@H](CO)[C@@H](O)[C@H](O)[C@H]4O)c(O)cc3C[C@@H]2C(=O)O)ccc1O. The number of hydrogen-bond acceptors (Lipinski definition) is 12. The number of carboxylic acid groups (broad SMARTS) is 1. The van der Waals surface area contributed by atoms with E-state index in [1.807, 2.05) is 6.92 Å². The van der Waals surface area contributed by atoms with Crippen LogP contribution in [0.3, 0.4) is 0 Å². The van der Waals surface area contributed by atoms with Gasteiger partial charge in [0, 0.05) is 36.2 Å². The molecule has 1 saturated heterocycles. The van der Waals surface area contributed by atoms with Crippen LogP contribution in [0.4, 0.5) is 5.69 Å². The third-order valence-corrected chi connectivity index (χ3v) is 7.88. The number of carbonyl (C=O) groups is 2. The van der Waals surface area contributed by atoms with E-state index in [1.165, 1.54) is 12.1 Å². The standard InChI is InChI=1S/C30H33N3O12/c1-2-17-18(32-13-31-17)8-16-7-14(3-5-21(16)35)4-6-25(37)33-19-11-23(22(36)10-15(19)9-20(33)29(41)42)44-30(43)28(40)27(39)26(38)24(12-34)45-30/h3-7,10-11,13,20,24,26-28,34-36,38-40,43H,2,8-9,12H2,1H3,(H,31,32)(H,41,42)/b6-4+/t20-,24-,26-,27+,28-,30+/m1/s1. The number of imidazole rings is 1. The van der Waals surface area contributed by atoms with Crippen molar-refractivity contribution in [1.29, 1.82) is 0 Å². The van der Waals surface area contributed by atoms with Gasteiger partial charge in [-0.05, 0) is 41.8 Å². The van der Waals surface area contributed by atoms with E-state index >= 15 is 0 Å². The molecule has 240 valence electrons. The molecule has 6 atom stereocenters. The number of aliphatic hydroxyl groups is 5. The number of carbonyl (C=O) groups excluding carboxylic acids is 1. The summed E-state index contributed by atoms with van der Waals surface area (Å²) in [5.74, 6) is -6.27. The Hall–Kier alpha value is -4.51. The molecule has 1 aromatic heterocycles. The van der Waals surface area contributed by atoms with Crippen molar-refractivity contribution in [3.63, 3.8) is 0 Å². The fraction of sp³-hybridized carbons (Fsp3) is 0.367. The quantitative estimate of drug-likeness (QED) is 0.108. The molecule has 1 amide bonds.